The summed E-state index contributed by atoms with van der Waals surface area (Å²) in [6, 6.07) is 21.3. The molecule has 2 heterocycles. The number of nitrogens with one attached hydrogen (secondary N) is 2. The Labute approximate surface area is 247 Å². The molecule has 0 aliphatic carbocycles. The number of amides is 1. The first-order chi connectivity index (χ1) is 19.3. The van der Waals surface area contributed by atoms with Gasteiger partial charge in [0.1, 0.15) is 18.4 Å². The van der Waals surface area contributed by atoms with Gasteiger partial charge in [0, 0.05) is 27.2 Å². The van der Waals surface area contributed by atoms with E-state index in [1.165, 1.54) is 0 Å². The molecule has 1 unspecified atom stereocenters. The van der Waals surface area contributed by atoms with E-state index in [4.69, 9.17) is 14.8 Å². The van der Waals surface area contributed by atoms with Gasteiger partial charge in [-0.3, -0.25) is 4.79 Å². The second-order valence-corrected chi connectivity index (χ2v) is 11.8. The van der Waals surface area contributed by atoms with Crippen molar-refractivity contribution in [2.45, 2.75) is 51.9 Å². The molecule has 0 saturated carbocycles. The van der Waals surface area contributed by atoms with Crippen LogP contribution in [0.5, 0.6) is 5.75 Å². The summed E-state index contributed by atoms with van der Waals surface area (Å²) in [5.74, 6) is 1.97. The smallest absolute Gasteiger partial charge is 0.255 e. The fraction of sp³-hybridized carbons (Fsp3) is 0.258. The van der Waals surface area contributed by atoms with Crippen molar-refractivity contribution in [3.63, 3.8) is 0 Å². The minimum Gasteiger partial charge on any atom is -0.489 e. The summed E-state index contributed by atoms with van der Waals surface area (Å²) in [5.41, 5.74) is 6.05. The highest BCUT2D eigenvalue weighted by Crippen LogP contribution is 2.41. The Bertz CT molecular complexity index is 1570. The van der Waals surface area contributed by atoms with Crippen LogP contribution in [0, 0.1) is 13.8 Å². The van der Waals surface area contributed by atoms with Gasteiger partial charge in [-0.2, -0.15) is 4.98 Å². The fourth-order valence-corrected chi connectivity index (χ4v) is 5.77. The van der Waals surface area contributed by atoms with Crippen molar-refractivity contribution in [3.8, 4) is 5.75 Å². The van der Waals surface area contributed by atoms with E-state index in [1.807, 2.05) is 81.4 Å². The summed E-state index contributed by atoms with van der Waals surface area (Å²) in [4.78, 5) is 18.8. The first-order valence-corrected chi connectivity index (χ1v) is 15.0. The predicted octanol–water partition coefficient (Wildman–Crippen LogP) is 7.67. The Morgan fingerprint density at radius 2 is 1.90 bits per heavy atom. The molecule has 3 aromatic carbocycles. The molecule has 1 amide bonds. The summed E-state index contributed by atoms with van der Waals surface area (Å²) in [5, 5.41) is 12.0. The van der Waals surface area contributed by atoms with E-state index in [1.54, 1.807) is 16.4 Å². The van der Waals surface area contributed by atoms with Crippen molar-refractivity contribution in [1.29, 1.82) is 0 Å². The van der Waals surface area contributed by atoms with Gasteiger partial charge in [-0.15, -0.1) is 5.10 Å². The number of fused-ring (bicyclic) bond motifs is 1. The monoisotopic (exact) mass is 617 g/mol. The third-order valence-corrected chi connectivity index (χ3v) is 8.18. The Balaban J connectivity index is 1.59. The van der Waals surface area contributed by atoms with Crippen molar-refractivity contribution >= 4 is 45.2 Å². The first kappa shape index (κ1) is 28.0. The lowest BCUT2D eigenvalue weighted by Gasteiger charge is -2.30. The minimum atomic E-state index is -0.561. The van der Waals surface area contributed by atoms with E-state index in [0.717, 1.165) is 44.6 Å². The van der Waals surface area contributed by atoms with Gasteiger partial charge in [-0.05, 0) is 62.6 Å². The van der Waals surface area contributed by atoms with Crippen molar-refractivity contribution < 1.29 is 9.53 Å². The van der Waals surface area contributed by atoms with Crippen LogP contribution in [0.2, 0.25) is 0 Å². The molecule has 0 saturated heterocycles. The molecular weight excluding hydrogens is 586 g/mol. The Kier molecular flexibility index (Phi) is 8.61. The molecule has 0 spiro atoms. The lowest BCUT2D eigenvalue weighted by Crippen LogP contribution is -2.32. The van der Waals surface area contributed by atoms with Gasteiger partial charge >= 0.3 is 0 Å². The van der Waals surface area contributed by atoms with Crippen LogP contribution in [0.1, 0.15) is 48.6 Å². The van der Waals surface area contributed by atoms with Crippen LogP contribution in [0.25, 0.3) is 0 Å². The number of carbonyl (C=O) groups excluding carboxylic acids is 1. The molecule has 206 valence electrons. The molecule has 1 atom stereocenters. The Morgan fingerprint density at radius 1 is 1.10 bits per heavy atom. The summed E-state index contributed by atoms with van der Waals surface area (Å²) in [6.45, 7) is 8.47. The molecule has 0 radical (unpaired) electrons. The highest BCUT2D eigenvalue weighted by Gasteiger charge is 2.36. The van der Waals surface area contributed by atoms with Gasteiger partial charge < -0.3 is 15.4 Å². The maximum Gasteiger partial charge on any atom is 0.255 e. The first-order valence-electron chi connectivity index (χ1n) is 13.3. The van der Waals surface area contributed by atoms with Crippen molar-refractivity contribution in [2.75, 3.05) is 16.4 Å². The van der Waals surface area contributed by atoms with E-state index < -0.39 is 6.04 Å². The molecule has 1 aliphatic heterocycles. The van der Waals surface area contributed by atoms with Crippen molar-refractivity contribution in [3.05, 3.63) is 105 Å². The standard InChI is InChI=1S/C31H32BrN5O2S/c1-5-15-40-31-35-30-33-21(4)27(29(38)34-25-13-11-19(2)16-20(25)3)28(37(30)36-31)24-17-23(32)12-14-26(24)39-18-22-9-7-6-8-10-22/h6-14,16-17,28H,5,15,18H2,1-4H3,(H,34,38)(H,33,35,36). The number of allylic oxidation sites excluding steroid dienone is 1. The molecule has 1 aliphatic rings. The highest BCUT2D eigenvalue weighted by molar-refractivity contribution is 9.10. The lowest BCUT2D eigenvalue weighted by molar-refractivity contribution is -0.113. The van der Waals surface area contributed by atoms with Crippen molar-refractivity contribution in [2.24, 2.45) is 0 Å². The zero-order valence-corrected chi connectivity index (χ0v) is 25.4. The van der Waals surface area contributed by atoms with Gasteiger partial charge in [0.15, 0.2) is 0 Å². The Hall–Kier alpha value is -3.56. The van der Waals surface area contributed by atoms with E-state index in [9.17, 15) is 4.79 Å². The molecule has 2 N–H and O–H groups in total. The molecule has 4 aromatic rings. The number of aryl methyl sites for hydroxylation is 2. The normalized spacial score (nSPS) is 14.5. The SMILES string of the molecule is CCCSc1nc2n(n1)C(c1cc(Br)ccc1OCc1ccccc1)C(C(=O)Nc1ccc(C)cc1C)=C(C)N2. The van der Waals surface area contributed by atoms with Crippen LogP contribution in [-0.4, -0.2) is 26.4 Å². The molecule has 7 nitrogen and oxygen atoms in total. The summed E-state index contributed by atoms with van der Waals surface area (Å²) >= 11 is 5.24. The van der Waals surface area contributed by atoms with Crippen LogP contribution in [0.4, 0.5) is 11.6 Å². The van der Waals surface area contributed by atoms with Crippen molar-refractivity contribution in [1.82, 2.24) is 14.8 Å². The van der Waals surface area contributed by atoms with E-state index in [0.29, 0.717) is 34.7 Å². The van der Waals surface area contributed by atoms with Gasteiger partial charge in [-0.25, -0.2) is 4.68 Å². The van der Waals surface area contributed by atoms with Crippen LogP contribution in [0.3, 0.4) is 0 Å². The predicted molar refractivity (Wildman–Crippen MR) is 165 cm³/mol. The molecule has 0 fully saturated rings. The third-order valence-electron chi connectivity index (χ3n) is 6.65. The third kappa shape index (κ3) is 6.10. The van der Waals surface area contributed by atoms with E-state index >= 15 is 0 Å². The number of rotatable bonds is 9. The largest absolute Gasteiger partial charge is 0.489 e. The number of thioether (sulfide) groups is 1. The number of carbonyl (C=O) groups is 1. The van der Waals surface area contributed by atoms with E-state index in [-0.39, 0.29) is 5.91 Å². The topological polar surface area (TPSA) is 81.1 Å². The van der Waals surface area contributed by atoms with Gasteiger partial charge in [0.2, 0.25) is 11.1 Å². The van der Waals surface area contributed by atoms with Gasteiger partial charge in [0.05, 0.1) is 5.57 Å². The second-order valence-electron chi connectivity index (χ2n) is 9.81. The summed E-state index contributed by atoms with van der Waals surface area (Å²) in [7, 11) is 0. The van der Waals surface area contributed by atoms with Crippen LogP contribution < -0.4 is 15.4 Å². The highest BCUT2D eigenvalue weighted by atomic mass is 79.9. The number of hydrogen-bond acceptors (Lipinski definition) is 6. The number of aromatic nitrogens is 3. The molecule has 1 aromatic heterocycles. The number of nitrogens with zero attached hydrogens (tertiary/aromatic N) is 3. The maximum atomic E-state index is 14.0. The molecule has 0 bridgehead atoms. The molecule has 40 heavy (non-hydrogen) atoms. The quantitative estimate of drug-likeness (QED) is 0.188. The Morgan fingerprint density at radius 3 is 2.65 bits per heavy atom. The summed E-state index contributed by atoms with van der Waals surface area (Å²) < 4.78 is 9.05. The number of hydrogen-bond donors (Lipinski definition) is 2. The number of halogens is 1. The number of ether oxygens (including phenoxy) is 1. The second kappa shape index (κ2) is 12.3. The van der Waals surface area contributed by atoms with Crippen LogP contribution >= 0.6 is 27.7 Å². The van der Waals surface area contributed by atoms with Gasteiger partial charge in [0.25, 0.3) is 5.91 Å². The van der Waals surface area contributed by atoms with E-state index in [2.05, 4.69) is 39.6 Å². The summed E-state index contributed by atoms with van der Waals surface area (Å²) in [6.07, 6.45) is 1.01. The van der Waals surface area contributed by atoms with Crippen LogP contribution in [0.15, 0.2) is 87.6 Å². The fourth-order valence-electron chi connectivity index (χ4n) is 4.71. The molecular formula is C31H32BrN5O2S. The number of benzene rings is 3. The average Bonchev–Trinajstić information content (AvgIpc) is 3.34. The number of anilines is 2. The average molecular weight is 619 g/mol. The van der Waals surface area contributed by atoms with Crippen LogP contribution in [-0.2, 0) is 11.4 Å². The van der Waals surface area contributed by atoms with Gasteiger partial charge in [-0.1, -0.05) is 82.6 Å². The molecule has 5 rings (SSSR count). The maximum absolute atomic E-state index is 14.0. The lowest BCUT2D eigenvalue weighted by atomic mass is 9.94. The zero-order chi connectivity index (χ0) is 28.2. The minimum absolute atomic E-state index is 0.208. The zero-order valence-electron chi connectivity index (χ0n) is 23.0. The molecule has 9 heteroatoms.